The van der Waals surface area contributed by atoms with Crippen LogP contribution < -0.4 is 5.32 Å². The van der Waals surface area contributed by atoms with Crippen LogP contribution in [-0.2, 0) is 4.79 Å². The van der Waals surface area contributed by atoms with E-state index in [-0.39, 0.29) is 5.91 Å². The minimum absolute atomic E-state index is 0.202. The van der Waals surface area contributed by atoms with Crippen LogP contribution in [0.4, 0.5) is 5.13 Å². The topological polar surface area (TPSA) is 54.9 Å². The second kappa shape index (κ2) is 6.78. The Bertz CT molecular complexity index is 768. The first-order valence-corrected chi connectivity index (χ1v) is 7.60. The van der Waals surface area contributed by atoms with Crippen LogP contribution in [0, 0.1) is 0 Å². The van der Waals surface area contributed by atoms with Crippen molar-refractivity contribution in [3.05, 3.63) is 77.3 Å². The van der Waals surface area contributed by atoms with Crippen molar-refractivity contribution in [3.63, 3.8) is 0 Å². The highest BCUT2D eigenvalue weighted by Gasteiger charge is 2.13. The largest absolute Gasteiger partial charge is 0.296 e. The van der Waals surface area contributed by atoms with E-state index in [1.54, 1.807) is 5.51 Å². The fourth-order valence-corrected chi connectivity index (χ4v) is 2.45. The van der Waals surface area contributed by atoms with Crippen LogP contribution in [-0.4, -0.2) is 16.1 Å². The van der Waals surface area contributed by atoms with E-state index in [0.29, 0.717) is 10.7 Å². The van der Waals surface area contributed by atoms with E-state index in [2.05, 4.69) is 15.5 Å². The molecule has 1 heterocycles. The number of benzene rings is 2. The lowest BCUT2D eigenvalue weighted by molar-refractivity contribution is -0.111. The minimum Gasteiger partial charge on any atom is -0.296 e. The summed E-state index contributed by atoms with van der Waals surface area (Å²) in [7, 11) is 0. The summed E-state index contributed by atoms with van der Waals surface area (Å²) in [5.41, 5.74) is 3.99. The SMILES string of the molecule is O=C(Nc1nncs1)/C(=C/c1ccccc1)c1ccccc1. The van der Waals surface area contributed by atoms with Crippen molar-refractivity contribution in [2.45, 2.75) is 0 Å². The molecule has 3 aromatic rings. The number of rotatable bonds is 4. The first-order valence-electron chi connectivity index (χ1n) is 6.72. The van der Waals surface area contributed by atoms with Gasteiger partial charge in [0.1, 0.15) is 5.51 Å². The van der Waals surface area contributed by atoms with Crippen LogP contribution in [0.15, 0.2) is 66.2 Å². The molecule has 2 aromatic carbocycles. The fourth-order valence-electron chi connectivity index (χ4n) is 2.01. The van der Waals surface area contributed by atoms with Crippen molar-refractivity contribution in [2.24, 2.45) is 0 Å². The molecule has 22 heavy (non-hydrogen) atoms. The second-order valence-corrected chi connectivity index (χ2v) is 5.37. The molecule has 0 aliphatic carbocycles. The van der Waals surface area contributed by atoms with Crippen LogP contribution in [0.25, 0.3) is 11.6 Å². The van der Waals surface area contributed by atoms with E-state index in [0.717, 1.165) is 11.1 Å². The van der Waals surface area contributed by atoms with Gasteiger partial charge < -0.3 is 0 Å². The number of hydrogen-bond acceptors (Lipinski definition) is 4. The molecule has 0 saturated heterocycles. The smallest absolute Gasteiger partial charge is 0.258 e. The number of carbonyl (C=O) groups excluding carboxylic acids is 1. The molecule has 0 atom stereocenters. The maximum atomic E-state index is 12.6. The molecule has 0 aliphatic heterocycles. The van der Waals surface area contributed by atoms with Gasteiger partial charge in [0.15, 0.2) is 0 Å². The molecule has 1 N–H and O–H groups in total. The fraction of sp³-hybridized carbons (Fsp3) is 0. The molecular formula is C17H13N3OS. The Morgan fingerprint density at radius 3 is 2.32 bits per heavy atom. The molecule has 0 fully saturated rings. The summed E-state index contributed by atoms with van der Waals surface area (Å²) < 4.78 is 0. The van der Waals surface area contributed by atoms with Crippen LogP contribution in [0.2, 0.25) is 0 Å². The highest BCUT2D eigenvalue weighted by molar-refractivity contribution is 7.13. The lowest BCUT2D eigenvalue weighted by Gasteiger charge is -2.07. The normalized spacial score (nSPS) is 11.2. The van der Waals surface area contributed by atoms with Crippen LogP contribution in [0.1, 0.15) is 11.1 Å². The van der Waals surface area contributed by atoms with Crippen molar-refractivity contribution in [2.75, 3.05) is 5.32 Å². The molecule has 108 valence electrons. The van der Waals surface area contributed by atoms with Gasteiger partial charge in [-0.3, -0.25) is 10.1 Å². The summed E-state index contributed by atoms with van der Waals surface area (Å²) in [5.74, 6) is -0.202. The number of anilines is 1. The highest BCUT2D eigenvalue weighted by Crippen LogP contribution is 2.21. The predicted octanol–water partition coefficient (Wildman–Crippen LogP) is 3.72. The lowest BCUT2D eigenvalue weighted by Crippen LogP contribution is -2.13. The Morgan fingerprint density at radius 1 is 1.00 bits per heavy atom. The van der Waals surface area contributed by atoms with Crippen molar-refractivity contribution in [3.8, 4) is 0 Å². The van der Waals surface area contributed by atoms with Crippen LogP contribution in [0.5, 0.6) is 0 Å². The van der Waals surface area contributed by atoms with Gasteiger partial charge in [-0.05, 0) is 17.2 Å². The van der Waals surface area contributed by atoms with Crippen molar-refractivity contribution in [1.29, 1.82) is 0 Å². The number of nitrogens with one attached hydrogen (secondary N) is 1. The van der Waals surface area contributed by atoms with Gasteiger partial charge in [-0.2, -0.15) is 0 Å². The maximum Gasteiger partial charge on any atom is 0.258 e. The molecule has 0 unspecified atom stereocenters. The van der Waals surface area contributed by atoms with E-state index in [1.165, 1.54) is 11.3 Å². The van der Waals surface area contributed by atoms with Gasteiger partial charge in [0.05, 0.1) is 0 Å². The monoisotopic (exact) mass is 307 g/mol. The average Bonchev–Trinajstić information content (AvgIpc) is 3.07. The second-order valence-electron chi connectivity index (χ2n) is 4.53. The zero-order chi connectivity index (χ0) is 15.2. The quantitative estimate of drug-likeness (QED) is 0.590. The molecule has 0 aliphatic rings. The summed E-state index contributed by atoms with van der Waals surface area (Å²) in [6.07, 6.45) is 1.87. The molecule has 1 amide bonds. The maximum absolute atomic E-state index is 12.6. The van der Waals surface area contributed by atoms with E-state index in [9.17, 15) is 4.79 Å². The van der Waals surface area contributed by atoms with Gasteiger partial charge in [0, 0.05) is 5.57 Å². The van der Waals surface area contributed by atoms with Gasteiger partial charge in [-0.15, -0.1) is 10.2 Å². The molecule has 0 radical (unpaired) electrons. The Morgan fingerprint density at radius 2 is 1.68 bits per heavy atom. The Labute approximate surface area is 132 Å². The van der Waals surface area contributed by atoms with Crippen LogP contribution in [0.3, 0.4) is 0 Å². The standard InChI is InChI=1S/C17H13N3OS/c21-16(19-17-20-18-12-22-17)15(14-9-5-2-6-10-14)11-13-7-3-1-4-8-13/h1-12H,(H,19,20,21)/b15-11+. The Hall–Kier alpha value is -2.79. The summed E-state index contributed by atoms with van der Waals surface area (Å²) in [6.45, 7) is 0. The zero-order valence-corrected chi connectivity index (χ0v) is 12.5. The molecule has 3 rings (SSSR count). The molecule has 5 heteroatoms. The minimum atomic E-state index is -0.202. The van der Waals surface area contributed by atoms with Crippen LogP contribution >= 0.6 is 11.3 Å². The third-order valence-corrected chi connectivity index (χ3v) is 3.63. The van der Waals surface area contributed by atoms with Gasteiger partial charge in [0.2, 0.25) is 5.13 Å². The molecule has 0 saturated carbocycles. The summed E-state index contributed by atoms with van der Waals surface area (Å²) >= 11 is 1.29. The summed E-state index contributed by atoms with van der Waals surface area (Å²) in [6, 6.07) is 19.3. The number of carbonyl (C=O) groups is 1. The third kappa shape index (κ3) is 3.45. The Balaban J connectivity index is 1.96. The summed E-state index contributed by atoms with van der Waals surface area (Å²) in [4.78, 5) is 12.6. The van der Waals surface area contributed by atoms with E-state index >= 15 is 0 Å². The van der Waals surface area contributed by atoms with Gasteiger partial charge in [-0.25, -0.2) is 0 Å². The number of amides is 1. The lowest BCUT2D eigenvalue weighted by atomic mass is 10.0. The molecule has 4 nitrogen and oxygen atoms in total. The van der Waals surface area contributed by atoms with Crippen molar-refractivity contribution < 1.29 is 4.79 Å². The van der Waals surface area contributed by atoms with Gasteiger partial charge >= 0.3 is 0 Å². The van der Waals surface area contributed by atoms with E-state index in [4.69, 9.17) is 0 Å². The molecule has 0 bridgehead atoms. The molecule has 1 aromatic heterocycles. The first-order chi connectivity index (χ1) is 10.8. The van der Waals surface area contributed by atoms with Gasteiger partial charge in [0.25, 0.3) is 5.91 Å². The van der Waals surface area contributed by atoms with E-state index in [1.807, 2.05) is 66.7 Å². The molecule has 0 spiro atoms. The Kier molecular flexibility index (Phi) is 4.36. The zero-order valence-electron chi connectivity index (χ0n) is 11.6. The first kappa shape index (κ1) is 14.2. The summed E-state index contributed by atoms with van der Waals surface area (Å²) in [5, 5.41) is 10.8. The number of nitrogens with zero attached hydrogens (tertiary/aromatic N) is 2. The average molecular weight is 307 g/mol. The number of aromatic nitrogens is 2. The highest BCUT2D eigenvalue weighted by atomic mass is 32.1. The third-order valence-electron chi connectivity index (χ3n) is 3.02. The number of hydrogen-bond donors (Lipinski definition) is 1. The van der Waals surface area contributed by atoms with Crippen molar-refractivity contribution >= 4 is 34.0 Å². The predicted molar refractivity (Wildman–Crippen MR) is 89.3 cm³/mol. The van der Waals surface area contributed by atoms with Crippen molar-refractivity contribution in [1.82, 2.24) is 10.2 Å². The van der Waals surface area contributed by atoms with Gasteiger partial charge in [-0.1, -0.05) is 72.0 Å². The van der Waals surface area contributed by atoms with E-state index < -0.39 is 0 Å². The molecular weight excluding hydrogens is 294 g/mol.